The smallest absolute Gasteiger partial charge is 0.000584 e. The molecule has 0 heteroatoms. The Bertz CT molecular complexity index is 312. The molecule has 0 aliphatic heterocycles. The minimum atomic E-state index is 0.385. The van der Waals surface area contributed by atoms with Gasteiger partial charge in [-0.05, 0) is 36.5 Å². The van der Waals surface area contributed by atoms with Crippen LogP contribution in [0.5, 0.6) is 0 Å². The van der Waals surface area contributed by atoms with Gasteiger partial charge in [0.15, 0.2) is 0 Å². The monoisotopic (exact) mass is 204 g/mol. The van der Waals surface area contributed by atoms with Crippen molar-refractivity contribution in [3.8, 4) is 0 Å². The van der Waals surface area contributed by atoms with Crippen molar-refractivity contribution in [3.05, 3.63) is 24.3 Å². The van der Waals surface area contributed by atoms with E-state index in [0.29, 0.717) is 11.3 Å². The summed E-state index contributed by atoms with van der Waals surface area (Å²) in [5, 5.41) is 0. The summed E-state index contributed by atoms with van der Waals surface area (Å²) in [4.78, 5) is 0. The van der Waals surface area contributed by atoms with Gasteiger partial charge in [-0.2, -0.15) is 0 Å². The van der Waals surface area contributed by atoms with Gasteiger partial charge in [0.05, 0.1) is 0 Å². The third kappa shape index (κ3) is 1.20. The molecule has 15 heavy (non-hydrogen) atoms. The van der Waals surface area contributed by atoms with Gasteiger partial charge in [0.2, 0.25) is 0 Å². The standard InChI is InChI=1S/C15H24/c1-9-7-11(3)15(13(9)5)8-10(2)12(4)14(15)6/h9,12-14H,2-3,7-8H2,1,4-6H3/t9?,12-,13?,14-,15-/m0/s1. The largest absolute Gasteiger partial charge is 0.0995 e. The quantitative estimate of drug-likeness (QED) is 0.512. The Morgan fingerprint density at radius 2 is 1.67 bits per heavy atom. The van der Waals surface area contributed by atoms with Crippen LogP contribution in [0.15, 0.2) is 24.3 Å². The molecule has 2 rings (SSSR count). The minimum Gasteiger partial charge on any atom is -0.0995 e. The Kier molecular flexibility index (Phi) is 2.37. The first-order valence-corrected chi connectivity index (χ1v) is 6.27. The number of hydrogen-bond acceptors (Lipinski definition) is 0. The van der Waals surface area contributed by atoms with Gasteiger partial charge in [-0.15, -0.1) is 0 Å². The van der Waals surface area contributed by atoms with Crippen molar-refractivity contribution in [2.45, 2.75) is 40.5 Å². The van der Waals surface area contributed by atoms with Crippen molar-refractivity contribution in [2.24, 2.45) is 29.1 Å². The van der Waals surface area contributed by atoms with E-state index in [0.717, 1.165) is 17.8 Å². The van der Waals surface area contributed by atoms with Gasteiger partial charge in [-0.3, -0.25) is 0 Å². The van der Waals surface area contributed by atoms with E-state index >= 15 is 0 Å². The molecule has 5 atom stereocenters. The van der Waals surface area contributed by atoms with Gasteiger partial charge in [0.1, 0.15) is 0 Å². The zero-order valence-electron chi connectivity index (χ0n) is 10.6. The second-order valence-electron chi connectivity index (χ2n) is 6.03. The van der Waals surface area contributed by atoms with Crippen LogP contribution in [0.4, 0.5) is 0 Å². The normalized spacial score (nSPS) is 50.7. The summed E-state index contributed by atoms with van der Waals surface area (Å²) in [6.45, 7) is 18.2. The molecule has 0 heterocycles. The molecule has 0 bridgehead atoms. The highest BCUT2D eigenvalue weighted by atomic mass is 14.6. The maximum atomic E-state index is 4.37. The van der Waals surface area contributed by atoms with E-state index in [1.165, 1.54) is 24.0 Å². The predicted molar refractivity (Wildman–Crippen MR) is 66.6 cm³/mol. The van der Waals surface area contributed by atoms with Gasteiger partial charge in [0.25, 0.3) is 0 Å². The zero-order chi connectivity index (χ0) is 11.4. The zero-order valence-corrected chi connectivity index (χ0v) is 10.6. The summed E-state index contributed by atoms with van der Waals surface area (Å²) in [5.74, 6) is 2.99. The first-order valence-electron chi connectivity index (χ1n) is 6.27. The Hall–Kier alpha value is -0.520. The maximum Gasteiger partial charge on any atom is 0.000584 e. The van der Waals surface area contributed by atoms with E-state index in [-0.39, 0.29) is 0 Å². The van der Waals surface area contributed by atoms with Crippen molar-refractivity contribution in [1.82, 2.24) is 0 Å². The lowest BCUT2D eigenvalue weighted by Crippen LogP contribution is -2.31. The van der Waals surface area contributed by atoms with Crippen LogP contribution in [0.2, 0.25) is 0 Å². The minimum absolute atomic E-state index is 0.385. The Labute approximate surface area is 94.5 Å². The summed E-state index contributed by atoms with van der Waals surface area (Å²) in [7, 11) is 0. The first kappa shape index (κ1) is 11.0. The summed E-state index contributed by atoms with van der Waals surface area (Å²) in [6.07, 6.45) is 2.42. The van der Waals surface area contributed by atoms with Gasteiger partial charge < -0.3 is 0 Å². The van der Waals surface area contributed by atoms with Crippen molar-refractivity contribution < 1.29 is 0 Å². The third-order valence-electron chi connectivity index (χ3n) is 5.62. The van der Waals surface area contributed by atoms with Crippen LogP contribution in [0.25, 0.3) is 0 Å². The van der Waals surface area contributed by atoms with E-state index in [9.17, 15) is 0 Å². The molecule has 0 N–H and O–H groups in total. The maximum absolute atomic E-state index is 4.37. The van der Waals surface area contributed by atoms with Crippen molar-refractivity contribution in [1.29, 1.82) is 0 Å². The molecule has 2 fully saturated rings. The van der Waals surface area contributed by atoms with E-state index in [1.54, 1.807) is 0 Å². The molecule has 0 aromatic heterocycles. The highest BCUT2D eigenvalue weighted by molar-refractivity contribution is 5.30. The van der Waals surface area contributed by atoms with Crippen molar-refractivity contribution in [2.75, 3.05) is 0 Å². The van der Waals surface area contributed by atoms with Gasteiger partial charge in [0, 0.05) is 5.41 Å². The fourth-order valence-electron chi connectivity index (χ4n) is 4.11. The van der Waals surface area contributed by atoms with Crippen LogP contribution in [0.3, 0.4) is 0 Å². The molecule has 84 valence electrons. The fraction of sp³-hybridized carbons (Fsp3) is 0.733. The van der Waals surface area contributed by atoms with Crippen molar-refractivity contribution >= 4 is 0 Å². The molecule has 2 unspecified atom stereocenters. The van der Waals surface area contributed by atoms with E-state index in [4.69, 9.17) is 0 Å². The van der Waals surface area contributed by atoms with Crippen LogP contribution in [-0.4, -0.2) is 0 Å². The summed E-state index contributed by atoms with van der Waals surface area (Å²) < 4.78 is 0. The molecule has 1 spiro atoms. The molecule has 0 nitrogen and oxygen atoms in total. The Balaban J connectivity index is 2.42. The molecule has 2 aliphatic rings. The molecular weight excluding hydrogens is 180 g/mol. The van der Waals surface area contributed by atoms with Gasteiger partial charge >= 0.3 is 0 Å². The molecule has 2 aliphatic carbocycles. The van der Waals surface area contributed by atoms with Gasteiger partial charge in [-0.25, -0.2) is 0 Å². The van der Waals surface area contributed by atoms with Crippen LogP contribution >= 0.6 is 0 Å². The lowest BCUT2D eigenvalue weighted by Gasteiger charge is -2.37. The second-order valence-corrected chi connectivity index (χ2v) is 6.03. The van der Waals surface area contributed by atoms with Crippen LogP contribution in [0.1, 0.15) is 40.5 Å². The number of hydrogen-bond donors (Lipinski definition) is 0. The highest BCUT2D eigenvalue weighted by Gasteiger charge is 2.55. The molecule has 0 saturated heterocycles. The van der Waals surface area contributed by atoms with E-state index in [1.807, 2.05) is 0 Å². The van der Waals surface area contributed by atoms with Gasteiger partial charge in [-0.1, -0.05) is 52.0 Å². The topological polar surface area (TPSA) is 0 Å². The summed E-state index contributed by atoms with van der Waals surface area (Å²) in [5.41, 5.74) is 3.33. The second kappa shape index (κ2) is 3.23. The average Bonchev–Trinajstić information content (AvgIpc) is 2.53. The van der Waals surface area contributed by atoms with E-state index in [2.05, 4.69) is 40.9 Å². The SMILES string of the molecule is C=C1C[C@@]2(C(=C)CC(C)C2C)[C@@H](C)[C@H]1C. The molecule has 0 radical (unpaired) electrons. The first-order chi connectivity index (χ1) is 6.91. The average molecular weight is 204 g/mol. The van der Waals surface area contributed by atoms with E-state index < -0.39 is 0 Å². The summed E-state index contributed by atoms with van der Waals surface area (Å²) >= 11 is 0. The molecular formula is C15H24. The molecule has 0 aromatic rings. The lowest BCUT2D eigenvalue weighted by atomic mass is 9.67. The Morgan fingerprint density at radius 3 is 2.00 bits per heavy atom. The predicted octanol–water partition coefficient (Wildman–Crippen LogP) is 4.44. The van der Waals surface area contributed by atoms with Crippen LogP contribution in [-0.2, 0) is 0 Å². The van der Waals surface area contributed by atoms with Crippen molar-refractivity contribution in [3.63, 3.8) is 0 Å². The summed E-state index contributed by atoms with van der Waals surface area (Å²) in [6, 6.07) is 0. The number of rotatable bonds is 0. The molecule has 0 amide bonds. The lowest BCUT2D eigenvalue weighted by molar-refractivity contribution is 0.159. The highest BCUT2D eigenvalue weighted by Crippen LogP contribution is 2.64. The molecule has 2 saturated carbocycles. The van der Waals surface area contributed by atoms with Crippen LogP contribution < -0.4 is 0 Å². The fourth-order valence-corrected chi connectivity index (χ4v) is 4.11. The third-order valence-corrected chi connectivity index (χ3v) is 5.62. The van der Waals surface area contributed by atoms with Crippen LogP contribution in [0, 0.1) is 29.1 Å². The Morgan fingerprint density at radius 1 is 1.07 bits per heavy atom. The molecule has 0 aromatic carbocycles. The number of allylic oxidation sites excluding steroid dienone is 2.